The van der Waals surface area contributed by atoms with Gasteiger partial charge in [0.2, 0.25) is 29.5 Å². The summed E-state index contributed by atoms with van der Waals surface area (Å²) in [6, 6.07) is 6.48. The summed E-state index contributed by atoms with van der Waals surface area (Å²) in [5.41, 5.74) is 11.8. The Hall–Kier alpha value is -2.73. The van der Waals surface area contributed by atoms with E-state index in [4.69, 9.17) is 11.5 Å². The first-order chi connectivity index (χ1) is 19.7. The van der Waals surface area contributed by atoms with Gasteiger partial charge in [-0.25, -0.2) is 0 Å². The van der Waals surface area contributed by atoms with Crippen molar-refractivity contribution < 1.29 is 24.0 Å². The predicted molar refractivity (Wildman–Crippen MR) is 171 cm³/mol. The van der Waals surface area contributed by atoms with E-state index in [0.29, 0.717) is 30.8 Å². The number of nitrogens with two attached hydrogens (primary N) is 2. The molecule has 236 valence electrons. The van der Waals surface area contributed by atoms with Crippen LogP contribution in [0.1, 0.15) is 78.4 Å². The smallest absolute Gasteiger partial charge is 0.245 e. The summed E-state index contributed by atoms with van der Waals surface area (Å²) in [4.78, 5) is 61.7. The molecule has 0 bridgehead atoms. The number of nitrogens with one attached hydrogen (secondary N) is 3. The molecule has 0 unspecified atom stereocenters. The molecule has 3 atom stereocenters. The average Bonchev–Trinajstić information content (AvgIpc) is 2.90. The first-order valence-corrected chi connectivity index (χ1v) is 16.7. The summed E-state index contributed by atoms with van der Waals surface area (Å²) >= 11 is 3.29. The number of benzene rings is 1. The largest absolute Gasteiger partial charge is 0.370 e. The minimum absolute atomic E-state index is 0.0904. The van der Waals surface area contributed by atoms with Crippen LogP contribution < -0.4 is 27.4 Å². The molecular weight excluding hydrogens is 574 g/mol. The lowest BCUT2D eigenvalue weighted by atomic mass is 9.96. The Bertz CT molecular complexity index is 1070. The van der Waals surface area contributed by atoms with E-state index in [1.54, 1.807) is 37.4 Å². The van der Waals surface area contributed by atoms with Gasteiger partial charge in [-0.3, -0.25) is 24.0 Å². The van der Waals surface area contributed by atoms with E-state index in [1.807, 2.05) is 45.9 Å². The standard InChI is InChI=1S/C30H49N5O5S2/c1-7-20(4)26(27(32)38)34-28(39)23(15-19(2)3)33-29(40)30(5,6)35-25(37)12-14-42-18-22-10-8-9-21(16-22)17-41-13-11-24(31)36/h8-10,16,19-20,23,26H,7,11-15,17-18H2,1-6H3,(H2,31,36)(H2,32,38)(H,33,40)(H,34,39)(H,35,37)/t20-,23-,26-/m0/s1. The molecule has 0 fully saturated rings. The number of amides is 5. The average molecular weight is 624 g/mol. The van der Waals surface area contributed by atoms with E-state index in [0.717, 1.165) is 17.1 Å². The molecule has 0 saturated carbocycles. The SMILES string of the molecule is CC[C@H](C)[C@H](NC(=O)[C@H](CC(C)C)NC(=O)C(C)(C)NC(=O)CCSCc1cccc(CSCCC(N)=O)c1)C(N)=O. The van der Waals surface area contributed by atoms with E-state index >= 15 is 0 Å². The zero-order chi connectivity index (χ0) is 31.9. The summed E-state index contributed by atoms with van der Waals surface area (Å²) in [6.45, 7) is 10.8. The van der Waals surface area contributed by atoms with Crippen molar-refractivity contribution in [3.8, 4) is 0 Å². The lowest BCUT2D eigenvalue weighted by Gasteiger charge is -2.30. The van der Waals surface area contributed by atoms with Crippen molar-refractivity contribution in [2.75, 3.05) is 11.5 Å². The van der Waals surface area contributed by atoms with Crippen molar-refractivity contribution in [3.05, 3.63) is 35.4 Å². The van der Waals surface area contributed by atoms with Gasteiger partial charge in [-0.05, 0) is 43.2 Å². The summed E-state index contributed by atoms with van der Waals surface area (Å²) < 4.78 is 0. The van der Waals surface area contributed by atoms with E-state index in [2.05, 4.69) is 22.0 Å². The maximum Gasteiger partial charge on any atom is 0.245 e. The Labute approximate surface area is 259 Å². The molecule has 0 radical (unpaired) electrons. The zero-order valence-electron chi connectivity index (χ0n) is 25.8. The molecule has 0 aliphatic heterocycles. The third-order valence-corrected chi connectivity index (χ3v) is 8.72. The Morgan fingerprint density at radius 2 is 1.48 bits per heavy atom. The molecule has 0 aliphatic carbocycles. The highest BCUT2D eigenvalue weighted by Gasteiger charge is 2.34. The number of hydrogen-bond donors (Lipinski definition) is 5. The normalized spacial score (nSPS) is 13.6. The fourth-order valence-electron chi connectivity index (χ4n) is 4.02. The molecule has 7 N–H and O–H groups in total. The molecular formula is C30H49N5O5S2. The third kappa shape index (κ3) is 14.4. The molecule has 0 heterocycles. The van der Waals surface area contributed by atoms with Crippen LogP contribution in [-0.4, -0.2) is 58.7 Å². The van der Waals surface area contributed by atoms with Crippen LogP contribution in [-0.2, 0) is 35.5 Å². The number of carbonyl (C=O) groups excluding carboxylic acids is 5. The monoisotopic (exact) mass is 623 g/mol. The topological polar surface area (TPSA) is 173 Å². The highest BCUT2D eigenvalue weighted by atomic mass is 32.2. The first-order valence-electron chi connectivity index (χ1n) is 14.4. The minimum Gasteiger partial charge on any atom is -0.370 e. The van der Waals surface area contributed by atoms with Crippen molar-refractivity contribution in [1.29, 1.82) is 0 Å². The number of hydrogen-bond acceptors (Lipinski definition) is 7. The molecule has 5 amide bonds. The van der Waals surface area contributed by atoms with Gasteiger partial charge in [-0.1, -0.05) is 58.4 Å². The van der Waals surface area contributed by atoms with E-state index < -0.39 is 35.3 Å². The highest BCUT2D eigenvalue weighted by molar-refractivity contribution is 7.98. The number of thioether (sulfide) groups is 2. The second-order valence-electron chi connectivity index (χ2n) is 11.5. The molecule has 0 spiro atoms. The summed E-state index contributed by atoms with van der Waals surface area (Å²) in [5, 5.41) is 8.25. The van der Waals surface area contributed by atoms with Gasteiger partial charge >= 0.3 is 0 Å². The van der Waals surface area contributed by atoms with Crippen molar-refractivity contribution in [1.82, 2.24) is 16.0 Å². The molecule has 10 nitrogen and oxygen atoms in total. The Kier molecular flexibility index (Phi) is 16.6. The van der Waals surface area contributed by atoms with Gasteiger partial charge in [0.15, 0.2) is 0 Å². The van der Waals surface area contributed by atoms with E-state index in [9.17, 15) is 24.0 Å². The van der Waals surface area contributed by atoms with Crippen molar-refractivity contribution in [2.45, 2.75) is 96.4 Å². The fraction of sp³-hybridized carbons (Fsp3) is 0.633. The molecule has 42 heavy (non-hydrogen) atoms. The van der Waals surface area contributed by atoms with Gasteiger partial charge in [0.1, 0.15) is 17.6 Å². The summed E-state index contributed by atoms with van der Waals surface area (Å²) in [5.74, 6) is 0.587. The Balaban J connectivity index is 2.62. The Morgan fingerprint density at radius 1 is 0.905 bits per heavy atom. The molecule has 0 aliphatic rings. The highest BCUT2D eigenvalue weighted by Crippen LogP contribution is 2.19. The molecule has 1 aromatic carbocycles. The zero-order valence-corrected chi connectivity index (χ0v) is 27.4. The lowest BCUT2D eigenvalue weighted by molar-refractivity contribution is -0.136. The quantitative estimate of drug-likeness (QED) is 0.139. The summed E-state index contributed by atoms with van der Waals surface area (Å²) in [7, 11) is 0. The third-order valence-electron chi connectivity index (χ3n) is 6.66. The van der Waals surface area contributed by atoms with Crippen LogP contribution in [0.2, 0.25) is 0 Å². The van der Waals surface area contributed by atoms with Gasteiger partial charge in [-0.15, -0.1) is 0 Å². The van der Waals surface area contributed by atoms with Gasteiger partial charge in [0.05, 0.1) is 0 Å². The predicted octanol–water partition coefficient (Wildman–Crippen LogP) is 2.86. The molecule has 0 saturated heterocycles. The van der Waals surface area contributed by atoms with Crippen molar-refractivity contribution in [2.24, 2.45) is 23.3 Å². The Morgan fingerprint density at radius 3 is 1.98 bits per heavy atom. The number of primary amides is 2. The minimum atomic E-state index is -1.25. The van der Waals surface area contributed by atoms with Crippen molar-refractivity contribution in [3.63, 3.8) is 0 Å². The van der Waals surface area contributed by atoms with Crippen LogP contribution in [0.4, 0.5) is 0 Å². The first kappa shape index (κ1) is 37.3. The molecule has 0 aromatic heterocycles. The van der Waals surface area contributed by atoms with Gasteiger partial charge in [-0.2, -0.15) is 23.5 Å². The lowest BCUT2D eigenvalue weighted by Crippen LogP contribution is -2.60. The van der Waals surface area contributed by atoms with Crippen LogP contribution in [0.25, 0.3) is 0 Å². The molecule has 1 rings (SSSR count). The van der Waals surface area contributed by atoms with Crippen LogP contribution in [0.15, 0.2) is 24.3 Å². The van der Waals surface area contributed by atoms with Gasteiger partial charge in [0, 0.05) is 35.9 Å². The second kappa shape index (κ2) is 18.7. The number of carbonyl (C=O) groups is 5. The van der Waals surface area contributed by atoms with Gasteiger partial charge in [0.25, 0.3) is 0 Å². The van der Waals surface area contributed by atoms with Crippen LogP contribution >= 0.6 is 23.5 Å². The van der Waals surface area contributed by atoms with Crippen LogP contribution in [0.5, 0.6) is 0 Å². The van der Waals surface area contributed by atoms with Gasteiger partial charge < -0.3 is 27.4 Å². The van der Waals surface area contributed by atoms with Crippen molar-refractivity contribution >= 4 is 53.1 Å². The second-order valence-corrected chi connectivity index (χ2v) is 13.7. The fourth-order valence-corrected chi connectivity index (χ4v) is 5.81. The maximum atomic E-state index is 13.2. The molecule has 12 heteroatoms. The van der Waals surface area contributed by atoms with Crippen LogP contribution in [0.3, 0.4) is 0 Å². The maximum absolute atomic E-state index is 13.2. The van der Waals surface area contributed by atoms with E-state index in [1.165, 1.54) is 5.56 Å². The summed E-state index contributed by atoms with van der Waals surface area (Å²) in [6.07, 6.45) is 1.61. The molecule has 1 aromatic rings. The number of rotatable bonds is 20. The van der Waals surface area contributed by atoms with E-state index in [-0.39, 0.29) is 30.1 Å². The van der Waals surface area contributed by atoms with Crippen LogP contribution in [0, 0.1) is 11.8 Å².